The zero-order valence-electron chi connectivity index (χ0n) is 9.43. The molecule has 0 amide bonds. The van der Waals surface area contributed by atoms with Crippen LogP contribution in [-0.4, -0.2) is 22.9 Å². The number of benzene rings is 1. The molecule has 1 heterocycles. The van der Waals surface area contributed by atoms with Crippen LogP contribution in [0.5, 0.6) is 5.75 Å². The minimum absolute atomic E-state index is 0.0795. The fourth-order valence-corrected chi connectivity index (χ4v) is 1.64. The van der Waals surface area contributed by atoms with Crippen molar-refractivity contribution in [2.75, 3.05) is 12.8 Å². The third-order valence-electron chi connectivity index (χ3n) is 2.43. The molecule has 5 nitrogen and oxygen atoms in total. The first-order valence-electron chi connectivity index (χ1n) is 5.16. The van der Waals surface area contributed by atoms with Gasteiger partial charge < -0.3 is 15.5 Å². The number of nitrogens with two attached hydrogens (primary N) is 1. The zero-order chi connectivity index (χ0) is 12.3. The number of H-pyrrole nitrogens is 1. The Bertz CT molecular complexity index is 521. The molecule has 0 aliphatic carbocycles. The number of para-hydroxylation sites is 1. The van der Waals surface area contributed by atoms with Crippen LogP contribution in [0.4, 0.5) is 5.69 Å². The maximum Gasteiger partial charge on any atom is 0.174 e. The zero-order valence-corrected chi connectivity index (χ0v) is 9.43. The number of rotatable bonds is 4. The Labute approximate surface area is 98.6 Å². The second-order valence-electron chi connectivity index (χ2n) is 3.56. The van der Waals surface area contributed by atoms with Crippen LogP contribution in [-0.2, 0) is 6.42 Å². The van der Waals surface area contributed by atoms with Crippen LogP contribution in [0, 0.1) is 0 Å². The van der Waals surface area contributed by atoms with E-state index in [0.29, 0.717) is 22.8 Å². The van der Waals surface area contributed by atoms with Gasteiger partial charge in [-0.25, -0.2) is 4.98 Å². The molecular formula is C12H13N3O2. The normalized spacial score (nSPS) is 10.2. The van der Waals surface area contributed by atoms with Crippen LogP contribution >= 0.6 is 0 Å². The lowest BCUT2D eigenvalue weighted by Crippen LogP contribution is -2.08. The van der Waals surface area contributed by atoms with E-state index < -0.39 is 0 Å². The van der Waals surface area contributed by atoms with Crippen molar-refractivity contribution in [2.24, 2.45) is 0 Å². The lowest BCUT2D eigenvalue weighted by atomic mass is 10.1. The monoisotopic (exact) mass is 231 g/mol. The number of hydrogen-bond donors (Lipinski definition) is 2. The van der Waals surface area contributed by atoms with Crippen molar-refractivity contribution in [3.63, 3.8) is 0 Å². The summed E-state index contributed by atoms with van der Waals surface area (Å²) in [4.78, 5) is 18.9. The van der Waals surface area contributed by atoms with Gasteiger partial charge in [0.1, 0.15) is 5.82 Å². The molecule has 3 N–H and O–H groups in total. The second-order valence-corrected chi connectivity index (χ2v) is 3.56. The quantitative estimate of drug-likeness (QED) is 0.616. The summed E-state index contributed by atoms with van der Waals surface area (Å²) in [5.74, 6) is 0.965. The summed E-state index contributed by atoms with van der Waals surface area (Å²) in [6.45, 7) is 0. The van der Waals surface area contributed by atoms with Crippen molar-refractivity contribution < 1.29 is 9.53 Å². The van der Waals surface area contributed by atoms with Crippen molar-refractivity contribution in [3.8, 4) is 5.75 Å². The van der Waals surface area contributed by atoms with E-state index in [1.165, 1.54) is 7.11 Å². The Morgan fingerprint density at radius 3 is 3.00 bits per heavy atom. The fraction of sp³-hybridized carbons (Fsp3) is 0.167. The molecular weight excluding hydrogens is 218 g/mol. The maximum absolute atomic E-state index is 12.0. The number of ketones is 1. The molecule has 0 unspecified atom stereocenters. The van der Waals surface area contributed by atoms with Crippen LogP contribution in [0.2, 0.25) is 0 Å². The number of anilines is 1. The number of nitrogens with zero attached hydrogens (tertiary/aromatic N) is 1. The average Bonchev–Trinajstić information content (AvgIpc) is 2.81. The minimum Gasteiger partial charge on any atom is -0.494 e. The topological polar surface area (TPSA) is 81.0 Å². The number of methoxy groups -OCH3 is 1. The summed E-state index contributed by atoms with van der Waals surface area (Å²) < 4.78 is 5.14. The number of nitrogens with one attached hydrogen (secondary N) is 1. The van der Waals surface area contributed by atoms with Crippen LogP contribution < -0.4 is 10.5 Å². The Morgan fingerprint density at radius 2 is 2.35 bits per heavy atom. The van der Waals surface area contributed by atoms with Gasteiger partial charge in [0.15, 0.2) is 11.5 Å². The molecule has 0 fully saturated rings. The van der Waals surface area contributed by atoms with Gasteiger partial charge in [0.2, 0.25) is 0 Å². The number of imidazole rings is 1. The lowest BCUT2D eigenvalue weighted by Gasteiger charge is -2.09. The molecule has 0 aliphatic rings. The molecule has 88 valence electrons. The molecule has 0 saturated heterocycles. The first-order chi connectivity index (χ1) is 8.22. The van der Waals surface area contributed by atoms with Gasteiger partial charge in [-0.3, -0.25) is 4.79 Å². The Kier molecular flexibility index (Phi) is 3.09. The highest BCUT2D eigenvalue weighted by atomic mass is 16.5. The SMILES string of the molecule is COc1c(N)cccc1C(=O)Cc1ncc[nH]1. The van der Waals surface area contributed by atoms with E-state index in [-0.39, 0.29) is 12.2 Å². The molecule has 0 bridgehead atoms. The first kappa shape index (κ1) is 11.2. The van der Waals surface area contributed by atoms with E-state index in [0.717, 1.165) is 0 Å². The van der Waals surface area contributed by atoms with Crippen molar-refractivity contribution in [2.45, 2.75) is 6.42 Å². The Balaban J connectivity index is 2.28. The maximum atomic E-state index is 12.0. The lowest BCUT2D eigenvalue weighted by molar-refractivity contribution is 0.0988. The van der Waals surface area contributed by atoms with E-state index >= 15 is 0 Å². The van der Waals surface area contributed by atoms with Crippen LogP contribution in [0.3, 0.4) is 0 Å². The molecule has 2 rings (SSSR count). The summed E-state index contributed by atoms with van der Waals surface area (Å²) in [6, 6.07) is 5.12. The summed E-state index contributed by atoms with van der Waals surface area (Å²) in [5.41, 5.74) is 6.67. The van der Waals surface area contributed by atoms with E-state index in [9.17, 15) is 4.79 Å². The summed E-state index contributed by atoms with van der Waals surface area (Å²) in [7, 11) is 1.50. The van der Waals surface area contributed by atoms with Gasteiger partial charge in [0.25, 0.3) is 0 Å². The Morgan fingerprint density at radius 1 is 1.53 bits per heavy atom. The van der Waals surface area contributed by atoms with Crippen LogP contribution in [0.15, 0.2) is 30.6 Å². The van der Waals surface area contributed by atoms with E-state index in [2.05, 4.69) is 9.97 Å². The summed E-state index contributed by atoms with van der Waals surface area (Å²) >= 11 is 0. The number of ether oxygens (including phenoxy) is 1. The Hall–Kier alpha value is -2.30. The molecule has 0 radical (unpaired) electrons. The molecule has 1 aromatic carbocycles. The van der Waals surface area contributed by atoms with E-state index in [1.54, 1.807) is 30.6 Å². The molecule has 0 aliphatic heterocycles. The molecule has 17 heavy (non-hydrogen) atoms. The predicted molar refractivity (Wildman–Crippen MR) is 64.0 cm³/mol. The van der Waals surface area contributed by atoms with Gasteiger partial charge in [-0.05, 0) is 12.1 Å². The second kappa shape index (κ2) is 4.69. The van der Waals surface area contributed by atoms with Gasteiger partial charge in [-0.2, -0.15) is 0 Å². The van der Waals surface area contributed by atoms with E-state index in [4.69, 9.17) is 10.5 Å². The van der Waals surface area contributed by atoms with Crippen molar-refractivity contribution >= 4 is 11.5 Å². The van der Waals surface area contributed by atoms with Gasteiger partial charge in [0, 0.05) is 12.4 Å². The van der Waals surface area contributed by atoms with Crippen molar-refractivity contribution in [1.29, 1.82) is 0 Å². The number of nitrogen functional groups attached to an aromatic ring is 1. The summed E-state index contributed by atoms with van der Waals surface area (Å²) in [5, 5.41) is 0. The minimum atomic E-state index is -0.0795. The molecule has 5 heteroatoms. The highest BCUT2D eigenvalue weighted by Crippen LogP contribution is 2.26. The number of aromatic amines is 1. The third-order valence-corrected chi connectivity index (χ3v) is 2.43. The van der Waals surface area contributed by atoms with Crippen LogP contribution in [0.1, 0.15) is 16.2 Å². The largest absolute Gasteiger partial charge is 0.494 e. The number of Topliss-reactive ketones (excluding diaryl/α,β-unsaturated/α-hetero) is 1. The van der Waals surface area contributed by atoms with Gasteiger partial charge >= 0.3 is 0 Å². The first-order valence-corrected chi connectivity index (χ1v) is 5.16. The molecule has 0 spiro atoms. The van der Waals surface area contributed by atoms with Gasteiger partial charge in [-0.1, -0.05) is 6.07 Å². The average molecular weight is 231 g/mol. The third kappa shape index (κ3) is 2.28. The standard InChI is InChI=1S/C12H13N3O2/c1-17-12-8(3-2-4-9(12)13)10(16)7-11-14-5-6-15-11/h2-6H,7,13H2,1H3,(H,14,15). The highest BCUT2D eigenvalue weighted by Gasteiger charge is 2.15. The molecule has 0 saturated carbocycles. The number of carbonyl (C=O) groups excluding carboxylic acids is 1. The van der Waals surface area contributed by atoms with Crippen LogP contribution in [0.25, 0.3) is 0 Å². The van der Waals surface area contributed by atoms with Crippen molar-refractivity contribution in [1.82, 2.24) is 9.97 Å². The predicted octanol–water partition coefficient (Wildman–Crippen LogP) is 1.43. The van der Waals surface area contributed by atoms with Gasteiger partial charge in [0.05, 0.1) is 24.8 Å². The molecule has 1 aromatic heterocycles. The van der Waals surface area contributed by atoms with Crippen molar-refractivity contribution in [3.05, 3.63) is 42.0 Å². The van der Waals surface area contributed by atoms with E-state index in [1.807, 2.05) is 0 Å². The number of hydrogen-bond acceptors (Lipinski definition) is 4. The number of carbonyl (C=O) groups is 1. The fourth-order valence-electron chi connectivity index (χ4n) is 1.64. The summed E-state index contributed by atoms with van der Waals surface area (Å²) in [6.07, 6.45) is 3.49. The highest BCUT2D eigenvalue weighted by molar-refractivity contribution is 6.01. The number of aromatic nitrogens is 2. The smallest absolute Gasteiger partial charge is 0.174 e. The molecule has 0 atom stereocenters. The van der Waals surface area contributed by atoms with Gasteiger partial charge in [-0.15, -0.1) is 0 Å². The molecule has 2 aromatic rings.